The number of rotatable bonds is 5. The number of nitrogens with one attached hydrogen (secondary N) is 3. The van der Waals surface area contributed by atoms with Gasteiger partial charge in [0.2, 0.25) is 3.79 Å². The van der Waals surface area contributed by atoms with E-state index in [0.29, 0.717) is 10.7 Å². The van der Waals surface area contributed by atoms with Crippen LogP contribution in [0.4, 0.5) is 11.4 Å². The highest BCUT2D eigenvalue weighted by Gasteiger charge is 2.35. The number of nitro groups is 1. The van der Waals surface area contributed by atoms with Gasteiger partial charge in [-0.05, 0) is 42.5 Å². The minimum Gasteiger partial charge on any atom is -0.339 e. The van der Waals surface area contributed by atoms with E-state index in [2.05, 4.69) is 16.0 Å². The first-order valence-corrected chi connectivity index (χ1v) is 9.92. The molecule has 29 heavy (non-hydrogen) atoms. The Hall–Kier alpha value is -1.55. The normalized spacial score (nSPS) is 12.0. The fraction of sp³-hybridized carbons (Fsp3) is 0.125. The maximum absolute atomic E-state index is 12.5. The Morgan fingerprint density at radius 2 is 1.69 bits per heavy atom. The third kappa shape index (κ3) is 7.02. The number of thiocarbonyl (C=S) groups is 1. The predicted molar refractivity (Wildman–Crippen MR) is 120 cm³/mol. The Morgan fingerprint density at radius 1 is 1.07 bits per heavy atom. The molecule has 0 bridgehead atoms. The van der Waals surface area contributed by atoms with Crippen molar-refractivity contribution in [1.82, 2.24) is 10.6 Å². The van der Waals surface area contributed by atoms with E-state index < -0.39 is 20.8 Å². The number of benzene rings is 2. The van der Waals surface area contributed by atoms with Gasteiger partial charge in [0, 0.05) is 22.8 Å². The van der Waals surface area contributed by atoms with Crippen LogP contribution in [-0.2, 0) is 0 Å². The summed E-state index contributed by atoms with van der Waals surface area (Å²) in [5.41, 5.74) is 0.482. The molecule has 0 heterocycles. The van der Waals surface area contributed by atoms with Crippen molar-refractivity contribution in [2.75, 3.05) is 5.32 Å². The van der Waals surface area contributed by atoms with Crippen molar-refractivity contribution in [3.8, 4) is 0 Å². The zero-order chi connectivity index (χ0) is 21.8. The molecule has 13 heteroatoms. The average molecular weight is 517 g/mol. The van der Waals surface area contributed by atoms with Crippen LogP contribution in [0.5, 0.6) is 0 Å². The topological polar surface area (TPSA) is 96.3 Å². The number of nitrogens with zero attached hydrogens (tertiary/aromatic N) is 1. The molecule has 0 aliphatic carbocycles. The van der Waals surface area contributed by atoms with Gasteiger partial charge < -0.3 is 16.0 Å². The molecule has 0 unspecified atom stereocenters. The van der Waals surface area contributed by atoms with E-state index in [0.717, 1.165) is 0 Å². The minimum atomic E-state index is -1.98. The van der Waals surface area contributed by atoms with Crippen molar-refractivity contribution in [1.29, 1.82) is 0 Å². The Kier molecular flexibility index (Phi) is 8.16. The molecule has 0 saturated carbocycles. The second kappa shape index (κ2) is 9.97. The highest BCUT2D eigenvalue weighted by atomic mass is 35.6. The summed E-state index contributed by atoms with van der Waals surface area (Å²) in [5, 5.41) is 19.1. The number of nitro benzene ring substituents is 1. The lowest BCUT2D eigenvalue weighted by Gasteiger charge is -2.28. The SMILES string of the molecule is O=C(N[C@@H](NC(=S)Nc1ccc([N+](=O)[O-])cc1)C(Cl)(Cl)Cl)c1ccc(Cl)cc1Cl. The van der Waals surface area contributed by atoms with Crippen LogP contribution in [-0.4, -0.2) is 25.9 Å². The van der Waals surface area contributed by atoms with Crippen molar-refractivity contribution < 1.29 is 9.72 Å². The van der Waals surface area contributed by atoms with Gasteiger partial charge in [0.25, 0.3) is 11.6 Å². The maximum Gasteiger partial charge on any atom is 0.269 e. The summed E-state index contributed by atoms with van der Waals surface area (Å²) in [7, 11) is 0. The summed E-state index contributed by atoms with van der Waals surface area (Å²) in [6, 6.07) is 9.79. The van der Waals surface area contributed by atoms with Crippen LogP contribution in [0.1, 0.15) is 10.4 Å². The maximum atomic E-state index is 12.5. The van der Waals surface area contributed by atoms with Crippen molar-refractivity contribution in [2.24, 2.45) is 0 Å². The smallest absolute Gasteiger partial charge is 0.269 e. The molecule has 2 aromatic carbocycles. The highest BCUT2D eigenvalue weighted by molar-refractivity contribution is 7.80. The summed E-state index contributed by atoms with van der Waals surface area (Å²) in [6.07, 6.45) is -1.23. The van der Waals surface area contributed by atoms with Crippen LogP contribution in [0.3, 0.4) is 0 Å². The van der Waals surface area contributed by atoms with Gasteiger partial charge >= 0.3 is 0 Å². The van der Waals surface area contributed by atoms with Gasteiger partial charge in [-0.3, -0.25) is 14.9 Å². The number of carbonyl (C=O) groups is 1. The molecule has 0 saturated heterocycles. The van der Waals surface area contributed by atoms with Crippen LogP contribution >= 0.6 is 70.2 Å². The Labute approximate surface area is 195 Å². The fourth-order valence-corrected chi connectivity index (χ4v) is 3.10. The molecular weight excluding hydrogens is 506 g/mol. The molecular formula is C16H11Cl5N4O3S. The second-order valence-electron chi connectivity index (χ2n) is 5.47. The van der Waals surface area contributed by atoms with Gasteiger partial charge in [-0.1, -0.05) is 58.0 Å². The Morgan fingerprint density at radius 3 is 2.21 bits per heavy atom. The molecule has 2 aromatic rings. The molecule has 1 amide bonds. The highest BCUT2D eigenvalue weighted by Crippen LogP contribution is 2.30. The predicted octanol–water partition coefficient (Wildman–Crippen LogP) is 5.31. The third-order valence-electron chi connectivity index (χ3n) is 3.39. The van der Waals surface area contributed by atoms with Gasteiger partial charge in [0.05, 0.1) is 15.5 Å². The molecule has 0 aliphatic rings. The molecule has 7 nitrogen and oxygen atoms in total. The van der Waals surface area contributed by atoms with E-state index in [1.807, 2.05) is 0 Å². The van der Waals surface area contributed by atoms with Crippen LogP contribution in [0, 0.1) is 10.1 Å². The number of alkyl halides is 3. The lowest BCUT2D eigenvalue weighted by Crippen LogP contribution is -2.56. The number of anilines is 1. The molecule has 0 spiro atoms. The van der Waals surface area contributed by atoms with Crippen LogP contribution in [0.2, 0.25) is 10.0 Å². The van der Waals surface area contributed by atoms with Gasteiger partial charge in [0.15, 0.2) is 5.11 Å². The molecule has 0 radical (unpaired) electrons. The molecule has 154 valence electrons. The molecule has 0 fully saturated rings. The molecule has 2 rings (SSSR count). The van der Waals surface area contributed by atoms with Crippen molar-refractivity contribution in [2.45, 2.75) is 9.96 Å². The Bertz CT molecular complexity index is 937. The number of non-ortho nitro benzene ring substituents is 1. The quantitative estimate of drug-likeness (QED) is 0.164. The van der Waals surface area contributed by atoms with Crippen molar-refractivity contribution >= 4 is 92.6 Å². The second-order valence-corrected chi connectivity index (χ2v) is 9.10. The van der Waals surface area contributed by atoms with E-state index >= 15 is 0 Å². The van der Waals surface area contributed by atoms with Gasteiger partial charge in [0.1, 0.15) is 6.17 Å². The standard InChI is InChI=1S/C16H11Cl5N4O3S/c17-8-1-6-11(12(18)7-8)13(26)23-14(16(19,20)21)24-15(29)22-9-2-4-10(5-3-9)25(27)28/h1-7,14H,(H,23,26)(H2,22,24,29)/t14-/m0/s1. The lowest BCUT2D eigenvalue weighted by molar-refractivity contribution is -0.384. The summed E-state index contributed by atoms with van der Waals surface area (Å²) >= 11 is 34.8. The molecule has 0 aliphatic heterocycles. The summed E-state index contributed by atoms with van der Waals surface area (Å²) in [6.45, 7) is 0. The molecule has 0 aromatic heterocycles. The first-order valence-electron chi connectivity index (χ1n) is 7.62. The van der Waals surface area contributed by atoms with Crippen LogP contribution in [0.25, 0.3) is 0 Å². The largest absolute Gasteiger partial charge is 0.339 e. The number of halogens is 5. The molecule has 1 atom stereocenters. The lowest BCUT2D eigenvalue weighted by atomic mass is 10.2. The zero-order valence-corrected chi connectivity index (χ0v) is 18.7. The first kappa shape index (κ1) is 23.7. The Balaban J connectivity index is 2.09. The van der Waals surface area contributed by atoms with E-state index in [1.165, 1.54) is 42.5 Å². The third-order valence-corrected chi connectivity index (χ3v) is 4.81. The zero-order valence-electron chi connectivity index (χ0n) is 14.1. The van der Waals surface area contributed by atoms with E-state index in [1.54, 1.807) is 0 Å². The minimum absolute atomic E-state index is 0.00215. The number of carbonyl (C=O) groups excluding carboxylic acids is 1. The monoisotopic (exact) mass is 514 g/mol. The van der Waals surface area contributed by atoms with E-state index in [9.17, 15) is 14.9 Å². The van der Waals surface area contributed by atoms with Gasteiger partial charge in [-0.2, -0.15) is 0 Å². The van der Waals surface area contributed by atoms with Gasteiger partial charge in [-0.25, -0.2) is 0 Å². The first-order chi connectivity index (χ1) is 13.5. The fourth-order valence-electron chi connectivity index (χ4n) is 2.05. The summed E-state index contributed by atoms with van der Waals surface area (Å²) < 4.78 is -1.98. The van der Waals surface area contributed by atoms with Gasteiger partial charge in [-0.15, -0.1) is 0 Å². The number of amides is 1. The van der Waals surface area contributed by atoms with E-state index in [4.69, 9.17) is 70.2 Å². The van der Waals surface area contributed by atoms with Crippen LogP contribution in [0.15, 0.2) is 42.5 Å². The summed E-state index contributed by atoms with van der Waals surface area (Å²) in [5.74, 6) is -0.631. The number of hydrogen-bond acceptors (Lipinski definition) is 4. The number of hydrogen-bond donors (Lipinski definition) is 3. The van der Waals surface area contributed by atoms with Crippen molar-refractivity contribution in [3.63, 3.8) is 0 Å². The summed E-state index contributed by atoms with van der Waals surface area (Å²) in [4.78, 5) is 22.7. The average Bonchev–Trinajstić information content (AvgIpc) is 2.60. The van der Waals surface area contributed by atoms with E-state index in [-0.39, 0.29) is 21.4 Å². The van der Waals surface area contributed by atoms with Crippen LogP contribution < -0.4 is 16.0 Å². The van der Waals surface area contributed by atoms with Crippen molar-refractivity contribution in [3.05, 3.63) is 68.2 Å². The molecule has 3 N–H and O–H groups in total.